The molecular formula is C14H21F3N2O. The van der Waals surface area contributed by atoms with Gasteiger partial charge in [0.2, 0.25) is 0 Å². The van der Waals surface area contributed by atoms with Crippen LogP contribution in [0.2, 0.25) is 0 Å². The van der Waals surface area contributed by atoms with Gasteiger partial charge in [-0.2, -0.15) is 13.2 Å². The molecule has 1 heterocycles. The normalized spacial score (nSPS) is 16.1. The summed E-state index contributed by atoms with van der Waals surface area (Å²) < 4.78 is 42.8. The summed E-state index contributed by atoms with van der Waals surface area (Å²) in [4.78, 5) is 1.37. The Kier molecular flexibility index (Phi) is 5.10. The molecule has 6 heteroatoms. The first-order chi connectivity index (χ1) is 9.46. The molecule has 1 saturated carbocycles. The van der Waals surface area contributed by atoms with Crippen molar-refractivity contribution in [3.05, 3.63) is 23.7 Å². The van der Waals surface area contributed by atoms with Gasteiger partial charge in [-0.3, -0.25) is 4.90 Å². The molecule has 1 aromatic heterocycles. The van der Waals surface area contributed by atoms with E-state index < -0.39 is 12.7 Å². The van der Waals surface area contributed by atoms with E-state index >= 15 is 0 Å². The SMILES string of the molecule is CCCN(Cc1cc(CNC2CC2)co1)CC(F)(F)F. The minimum absolute atomic E-state index is 0.205. The molecule has 0 aromatic carbocycles. The van der Waals surface area contributed by atoms with Crippen molar-refractivity contribution in [2.75, 3.05) is 13.1 Å². The quantitative estimate of drug-likeness (QED) is 0.796. The van der Waals surface area contributed by atoms with Gasteiger partial charge in [-0.25, -0.2) is 0 Å². The Bertz CT molecular complexity index is 413. The Hall–Kier alpha value is -1.01. The van der Waals surface area contributed by atoms with Crippen molar-refractivity contribution in [3.63, 3.8) is 0 Å². The number of furan rings is 1. The zero-order valence-corrected chi connectivity index (χ0v) is 11.7. The highest BCUT2D eigenvalue weighted by atomic mass is 19.4. The fourth-order valence-corrected chi connectivity index (χ4v) is 2.16. The van der Waals surface area contributed by atoms with E-state index in [-0.39, 0.29) is 6.54 Å². The highest BCUT2D eigenvalue weighted by Crippen LogP contribution is 2.21. The maximum Gasteiger partial charge on any atom is 0.401 e. The number of nitrogens with zero attached hydrogens (tertiary/aromatic N) is 1. The van der Waals surface area contributed by atoms with Gasteiger partial charge in [-0.05, 0) is 31.9 Å². The molecule has 2 rings (SSSR count). The highest BCUT2D eigenvalue weighted by molar-refractivity contribution is 5.13. The molecule has 20 heavy (non-hydrogen) atoms. The Morgan fingerprint density at radius 2 is 2.15 bits per heavy atom. The molecule has 3 nitrogen and oxygen atoms in total. The molecule has 1 aliphatic carbocycles. The van der Waals surface area contributed by atoms with E-state index in [4.69, 9.17) is 4.42 Å². The lowest BCUT2D eigenvalue weighted by Crippen LogP contribution is -2.34. The smallest absolute Gasteiger partial charge is 0.401 e. The Morgan fingerprint density at radius 1 is 1.40 bits per heavy atom. The summed E-state index contributed by atoms with van der Waals surface area (Å²) in [6.45, 7) is 2.32. The number of hydrogen-bond donors (Lipinski definition) is 1. The lowest BCUT2D eigenvalue weighted by atomic mass is 10.3. The van der Waals surface area contributed by atoms with Crippen LogP contribution in [0.15, 0.2) is 16.7 Å². The zero-order chi connectivity index (χ0) is 14.6. The van der Waals surface area contributed by atoms with Crippen LogP contribution in [0.4, 0.5) is 13.2 Å². The van der Waals surface area contributed by atoms with Gasteiger partial charge in [0, 0.05) is 18.2 Å². The first kappa shape index (κ1) is 15.4. The van der Waals surface area contributed by atoms with E-state index in [0.717, 1.165) is 12.1 Å². The predicted molar refractivity (Wildman–Crippen MR) is 70.2 cm³/mol. The monoisotopic (exact) mass is 290 g/mol. The summed E-state index contributed by atoms with van der Waals surface area (Å²) in [6, 6.07) is 2.45. The van der Waals surface area contributed by atoms with Gasteiger partial charge in [0.25, 0.3) is 0 Å². The van der Waals surface area contributed by atoms with Crippen LogP contribution in [0, 0.1) is 0 Å². The summed E-state index contributed by atoms with van der Waals surface area (Å²) in [5, 5.41) is 3.35. The van der Waals surface area contributed by atoms with Crippen LogP contribution in [-0.4, -0.2) is 30.2 Å². The molecule has 0 spiro atoms. The van der Waals surface area contributed by atoms with Crippen molar-refractivity contribution < 1.29 is 17.6 Å². The minimum Gasteiger partial charge on any atom is -0.468 e. The van der Waals surface area contributed by atoms with Crippen LogP contribution in [0.1, 0.15) is 37.5 Å². The topological polar surface area (TPSA) is 28.4 Å². The molecule has 1 fully saturated rings. The lowest BCUT2D eigenvalue weighted by molar-refractivity contribution is -0.147. The van der Waals surface area contributed by atoms with Gasteiger partial charge >= 0.3 is 6.18 Å². The second kappa shape index (κ2) is 6.63. The first-order valence-electron chi connectivity index (χ1n) is 7.05. The Balaban J connectivity index is 1.85. The predicted octanol–water partition coefficient (Wildman–Crippen LogP) is 3.31. The summed E-state index contributed by atoms with van der Waals surface area (Å²) in [7, 11) is 0. The van der Waals surface area contributed by atoms with Crippen LogP contribution in [0.5, 0.6) is 0 Å². The summed E-state index contributed by atoms with van der Waals surface area (Å²) in [5.41, 5.74) is 0.996. The van der Waals surface area contributed by atoms with Crippen LogP contribution in [0.3, 0.4) is 0 Å². The molecule has 0 aliphatic heterocycles. The Morgan fingerprint density at radius 3 is 2.75 bits per heavy atom. The van der Waals surface area contributed by atoms with Crippen molar-refractivity contribution >= 4 is 0 Å². The summed E-state index contributed by atoms with van der Waals surface area (Å²) in [5.74, 6) is 0.593. The van der Waals surface area contributed by atoms with Crippen LogP contribution < -0.4 is 5.32 Å². The summed E-state index contributed by atoms with van der Waals surface area (Å²) >= 11 is 0. The van der Waals surface area contributed by atoms with Gasteiger partial charge in [0.05, 0.1) is 19.4 Å². The molecule has 114 valence electrons. The van der Waals surface area contributed by atoms with Crippen LogP contribution >= 0.6 is 0 Å². The molecule has 0 saturated heterocycles. The van der Waals surface area contributed by atoms with E-state index in [0.29, 0.717) is 24.8 Å². The largest absolute Gasteiger partial charge is 0.468 e. The molecule has 0 unspecified atom stereocenters. The third kappa shape index (κ3) is 5.54. The molecular weight excluding hydrogens is 269 g/mol. The number of nitrogens with one attached hydrogen (secondary N) is 1. The van der Waals surface area contributed by atoms with Gasteiger partial charge < -0.3 is 9.73 Å². The van der Waals surface area contributed by atoms with E-state index in [1.54, 1.807) is 6.26 Å². The third-order valence-corrected chi connectivity index (χ3v) is 3.20. The number of hydrogen-bond acceptors (Lipinski definition) is 3. The van der Waals surface area contributed by atoms with Crippen molar-refractivity contribution in [1.82, 2.24) is 10.2 Å². The van der Waals surface area contributed by atoms with E-state index in [2.05, 4.69) is 5.32 Å². The molecule has 1 N–H and O–H groups in total. The van der Waals surface area contributed by atoms with Gasteiger partial charge in [-0.1, -0.05) is 6.92 Å². The number of rotatable bonds is 8. The Labute approximate surface area is 117 Å². The van der Waals surface area contributed by atoms with E-state index in [1.165, 1.54) is 17.7 Å². The summed E-state index contributed by atoms with van der Waals surface area (Å²) in [6.07, 6.45) is 0.564. The number of halogens is 3. The van der Waals surface area contributed by atoms with Crippen molar-refractivity contribution in [3.8, 4) is 0 Å². The fourth-order valence-electron chi connectivity index (χ4n) is 2.16. The second-order valence-corrected chi connectivity index (χ2v) is 5.40. The first-order valence-corrected chi connectivity index (χ1v) is 7.05. The molecule has 0 amide bonds. The van der Waals surface area contributed by atoms with Gasteiger partial charge in [0.1, 0.15) is 5.76 Å². The van der Waals surface area contributed by atoms with Gasteiger partial charge in [-0.15, -0.1) is 0 Å². The molecule has 0 atom stereocenters. The van der Waals surface area contributed by atoms with Crippen molar-refractivity contribution in [1.29, 1.82) is 0 Å². The average Bonchev–Trinajstić information content (AvgIpc) is 3.06. The average molecular weight is 290 g/mol. The molecule has 1 aromatic rings. The third-order valence-electron chi connectivity index (χ3n) is 3.20. The highest BCUT2D eigenvalue weighted by Gasteiger charge is 2.30. The maximum atomic E-state index is 12.5. The molecule has 0 bridgehead atoms. The van der Waals surface area contributed by atoms with Crippen LogP contribution in [0.25, 0.3) is 0 Å². The van der Waals surface area contributed by atoms with Crippen LogP contribution in [-0.2, 0) is 13.1 Å². The van der Waals surface area contributed by atoms with E-state index in [9.17, 15) is 13.2 Å². The van der Waals surface area contributed by atoms with Crippen molar-refractivity contribution in [2.45, 2.75) is 51.5 Å². The van der Waals surface area contributed by atoms with Crippen molar-refractivity contribution in [2.24, 2.45) is 0 Å². The lowest BCUT2D eigenvalue weighted by Gasteiger charge is -2.21. The zero-order valence-electron chi connectivity index (χ0n) is 11.7. The fraction of sp³-hybridized carbons (Fsp3) is 0.714. The molecule has 1 aliphatic rings. The van der Waals surface area contributed by atoms with E-state index in [1.807, 2.05) is 13.0 Å². The second-order valence-electron chi connectivity index (χ2n) is 5.40. The van der Waals surface area contributed by atoms with Gasteiger partial charge in [0.15, 0.2) is 0 Å². The standard InChI is InChI=1S/C14H21F3N2O/c1-2-5-19(10-14(15,16)17)8-13-6-11(9-20-13)7-18-12-3-4-12/h6,9,12,18H,2-5,7-8,10H2,1H3. The molecule has 0 radical (unpaired) electrons. The maximum absolute atomic E-state index is 12.5. The number of alkyl halides is 3. The minimum atomic E-state index is -4.17.